The van der Waals surface area contributed by atoms with E-state index in [9.17, 15) is 13.2 Å². The van der Waals surface area contributed by atoms with Crippen LogP contribution in [0.3, 0.4) is 0 Å². The number of alkyl halides is 3. The molecule has 0 heterocycles. The van der Waals surface area contributed by atoms with Crippen molar-refractivity contribution in [3.8, 4) is 0 Å². The second-order valence-corrected chi connectivity index (χ2v) is 5.43. The molecule has 0 saturated carbocycles. The molecule has 2 atom stereocenters. The Balaban J connectivity index is 1.90. The van der Waals surface area contributed by atoms with Gasteiger partial charge in [-0.2, -0.15) is 13.2 Å². The minimum atomic E-state index is -4.13. The summed E-state index contributed by atoms with van der Waals surface area (Å²) in [5, 5.41) is 0. The molecule has 0 spiro atoms. The van der Waals surface area contributed by atoms with Gasteiger partial charge in [-0.1, -0.05) is 36.0 Å². The highest BCUT2D eigenvalue weighted by molar-refractivity contribution is 8.00. The number of thioether (sulfide) groups is 1. The predicted molar refractivity (Wildman–Crippen MR) is 63.7 cm³/mol. The maximum Gasteiger partial charge on any atom is 0.441 e. The number of hydrogen-bond acceptors (Lipinski definition) is 2. The number of nitrogens with two attached hydrogens (primary N) is 1. The summed E-state index contributed by atoms with van der Waals surface area (Å²) < 4.78 is 36.1. The molecule has 2 N–H and O–H groups in total. The molecule has 2 rings (SSSR count). The topological polar surface area (TPSA) is 26.0 Å². The Morgan fingerprint density at radius 1 is 1.29 bits per heavy atom. The van der Waals surface area contributed by atoms with Gasteiger partial charge in [0, 0.05) is 11.8 Å². The van der Waals surface area contributed by atoms with Crippen molar-refractivity contribution in [3.05, 3.63) is 35.4 Å². The third-order valence-corrected chi connectivity index (χ3v) is 3.93. The van der Waals surface area contributed by atoms with Gasteiger partial charge in [0.2, 0.25) is 0 Å². The number of fused-ring (bicyclic) bond motifs is 1. The first-order valence-corrected chi connectivity index (χ1v) is 6.50. The second-order valence-electron chi connectivity index (χ2n) is 4.27. The van der Waals surface area contributed by atoms with E-state index in [0.29, 0.717) is 6.42 Å². The minimum absolute atomic E-state index is 0.0456. The summed E-state index contributed by atoms with van der Waals surface area (Å²) in [6, 6.07) is 7.73. The summed E-state index contributed by atoms with van der Waals surface area (Å²) in [6.07, 6.45) is 1.32. The molecule has 1 aromatic carbocycles. The van der Waals surface area contributed by atoms with Crippen molar-refractivity contribution < 1.29 is 13.2 Å². The Labute approximate surface area is 103 Å². The maximum atomic E-state index is 12.0. The van der Waals surface area contributed by atoms with E-state index in [1.165, 1.54) is 5.56 Å². The van der Waals surface area contributed by atoms with E-state index < -0.39 is 5.51 Å². The van der Waals surface area contributed by atoms with Crippen molar-refractivity contribution in [2.75, 3.05) is 5.75 Å². The van der Waals surface area contributed by atoms with Crippen LogP contribution in [-0.4, -0.2) is 11.3 Å². The third-order valence-electron chi connectivity index (χ3n) is 3.16. The smallest absolute Gasteiger partial charge is 0.324 e. The molecule has 0 radical (unpaired) electrons. The first-order valence-electron chi connectivity index (χ1n) is 5.51. The van der Waals surface area contributed by atoms with E-state index in [0.717, 1.165) is 12.0 Å². The molecular formula is C12H14F3NS. The summed E-state index contributed by atoms with van der Waals surface area (Å²) in [5.41, 5.74) is 4.20. The lowest BCUT2D eigenvalue weighted by molar-refractivity contribution is -0.0328. The quantitative estimate of drug-likeness (QED) is 0.901. The first kappa shape index (κ1) is 12.8. The van der Waals surface area contributed by atoms with E-state index in [1.807, 2.05) is 24.3 Å². The van der Waals surface area contributed by atoms with Crippen LogP contribution in [0.4, 0.5) is 13.2 Å². The van der Waals surface area contributed by atoms with Crippen LogP contribution < -0.4 is 5.73 Å². The van der Waals surface area contributed by atoms with Gasteiger partial charge in [-0.05, 0) is 29.9 Å². The van der Waals surface area contributed by atoms with Gasteiger partial charge in [0.05, 0.1) is 0 Å². The van der Waals surface area contributed by atoms with E-state index >= 15 is 0 Å². The Morgan fingerprint density at radius 3 is 2.65 bits per heavy atom. The molecule has 94 valence electrons. The lowest BCUT2D eigenvalue weighted by atomic mass is 9.99. The molecule has 17 heavy (non-hydrogen) atoms. The molecule has 1 nitrogen and oxygen atoms in total. The lowest BCUT2D eigenvalue weighted by Crippen LogP contribution is -2.18. The Hall–Kier alpha value is -0.680. The Kier molecular flexibility index (Phi) is 3.68. The molecule has 0 bridgehead atoms. The normalized spacial score (nSPS) is 23.8. The summed E-state index contributed by atoms with van der Waals surface area (Å²) in [6.45, 7) is 0. The largest absolute Gasteiger partial charge is 0.441 e. The standard InChI is InChI=1S/C12H14F3NS/c13-12(14,15)17-6-5-9-7-8-3-1-2-4-10(8)11(9)16/h1-4,9,11H,5-7,16H2. The van der Waals surface area contributed by atoms with Crippen molar-refractivity contribution in [2.24, 2.45) is 11.7 Å². The van der Waals surface area contributed by atoms with Crippen LogP contribution in [0, 0.1) is 5.92 Å². The molecule has 0 amide bonds. The fourth-order valence-corrected chi connectivity index (χ4v) is 2.97. The van der Waals surface area contributed by atoms with Crippen LogP contribution >= 0.6 is 11.8 Å². The van der Waals surface area contributed by atoms with Crippen LogP contribution in [0.25, 0.3) is 0 Å². The highest BCUT2D eigenvalue weighted by Crippen LogP contribution is 2.38. The van der Waals surface area contributed by atoms with Gasteiger partial charge in [-0.25, -0.2) is 0 Å². The zero-order valence-corrected chi connectivity index (χ0v) is 10.0. The van der Waals surface area contributed by atoms with Crippen LogP contribution in [0.5, 0.6) is 0 Å². The summed E-state index contributed by atoms with van der Waals surface area (Å²) in [5.74, 6) is 0.234. The van der Waals surface area contributed by atoms with Crippen LogP contribution in [0.2, 0.25) is 0 Å². The fourth-order valence-electron chi connectivity index (χ4n) is 2.32. The molecular weight excluding hydrogens is 247 g/mol. The van der Waals surface area contributed by atoms with E-state index in [2.05, 4.69) is 0 Å². The number of hydrogen-bond donors (Lipinski definition) is 1. The summed E-state index contributed by atoms with van der Waals surface area (Å²) >= 11 is 0.0456. The van der Waals surface area contributed by atoms with E-state index in [4.69, 9.17) is 5.73 Å². The summed E-state index contributed by atoms with van der Waals surface area (Å²) in [4.78, 5) is 0. The summed E-state index contributed by atoms with van der Waals surface area (Å²) in [7, 11) is 0. The lowest BCUT2D eigenvalue weighted by Gasteiger charge is -2.16. The maximum absolute atomic E-state index is 12.0. The van der Waals surface area contributed by atoms with Crippen molar-refractivity contribution in [1.82, 2.24) is 0 Å². The zero-order chi connectivity index (χ0) is 12.5. The average Bonchev–Trinajstić information content (AvgIpc) is 2.55. The van der Waals surface area contributed by atoms with Gasteiger partial charge in [-0.15, -0.1) is 0 Å². The van der Waals surface area contributed by atoms with Gasteiger partial charge in [0.25, 0.3) is 0 Å². The van der Waals surface area contributed by atoms with Crippen molar-refractivity contribution in [3.63, 3.8) is 0 Å². The molecule has 0 aromatic heterocycles. The fraction of sp³-hybridized carbons (Fsp3) is 0.500. The van der Waals surface area contributed by atoms with Crippen molar-refractivity contribution in [2.45, 2.75) is 24.4 Å². The van der Waals surface area contributed by atoms with Crippen LogP contribution in [0.1, 0.15) is 23.6 Å². The Morgan fingerprint density at radius 2 is 2.00 bits per heavy atom. The van der Waals surface area contributed by atoms with Gasteiger partial charge in [-0.3, -0.25) is 0 Å². The monoisotopic (exact) mass is 261 g/mol. The highest BCUT2D eigenvalue weighted by atomic mass is 32.2. The molecule has 1 aliphatic carbocycles. The van der Waals surface area contributed by atoms with Gasteiger partial charge < -0.3 is 5.73 Å². The average molecular weight is 261 g/mol. The molecule has 2 unspecified atom stereocenters. The number of halogens is 3. The van der Waals surface area contributed by atoms with Crippen molar-refractivity contribution in [1.29, 1.82) is 0 Å². The molecule has 0 fully saturated rings. The van der Waals surface area contributed by atoms with Crippen molar-refractivity contribution >= 4 is 11.8 Å². The second kappa shape index (κ2) is 4.90. The van der Waals surface area contributed by atoms with Gasteiger partial charge in [0.15, 0.2) is 0 Å². The third kappa shape index (κ3) is 3.16. The highest BCUT2D eigenvalue weighted by Gasteiger charge is 2.32. The van der Waals surface area contributed by atoms with Gasteiger partial charge in [0.1, 0.15) is 0 Å². The van der Waals surface area contributed by atoms with Crippen LogP contribution in [-0.2, 0) is 6.42 Å². The molecule has 5 heteroatoms. The SMILES string of the molecule is NC1c2ccccc2CC1CCSC(F)(F)F. The zero-order valence-electron chi connectivity index (χ0n) is 9.20. The van der Waals surface area contributed by atoms with E-state index in [1.54, 1.807) is 0 Å². The Bertz CT molecular complexity index is 392. The minimum Gasteiger partial charge on any atom is -0.324 e. The molecule has 0 aliphatic heterocycles. The molecule has 0 saturated heterocycles. The molecule has 1 aliphatic rings. The van der Waals surface area contributed by atoms with E-state index in [-0.39, 0.29) is 29.5 Å². The van der Waals surface area contributed by atoms with Gasteiger partial charge >= 0.3 is 5.51 Å². The molecule has 1 aromatic rings. The number of rotatable bonds is 3. The number of benzene rings is 1. The van der Waals surface area contributed by atoms with Crippen LogP contribution in [0.15, 0.2) is 24.3 Å². The first-order chi connectivity index (χ1) is 7.97. The predicted octanol–water partition coefficient (Wildman–Crippen LogP) is 3.50.